The Morgan fingerprint density at radius 2 is 2.35 bits per heavy atom. The number of ether oxygens (including phenoxy) is 1. The number of rotatable bonds is 0. The average Bonchev–Trinajstić information content (AvgIpc) is 2.79. The minimum atomic E-state index is -0.294. The summed E-state index contributed by atoms with van der Waals surface area (Å²) in [5.74, 6) is -0.153. The molecule has 4 rings (SSSR count). The molecule has 4 atom stereocenters. The van der Waals surface area contributed by atoms with E-state index in [0.717, 1.165) is 25.8 Å². The number of piperidine rings is 1. The third-order valence-corrected chi connectivity index (χ3v) is 5.09. The molecule has 0 aromatic carbocycles. The van der Waals surface area contributed by atoms with Gasteiger partial charge >= 0.3 is 5.97 Å². The van der Waals surface area contributed by atoms with Crippen LogP contribution in [0, 0.1) is 0 Å². The first-order valence-electron chi connectivity index (χ1n) is 6.66. The maximum atomic E-state index is 11.6. The lowest BCUT2D eigenvalue weighted by Gasteiger charge is -2.37. The second kappa shape index (κ2) is 3.12. The summed E-state index contributed by atoms with van der Waals surface area (Å²) in [4.78, 5) is 14.1. The Balaban J connectivity index is 1.81. The van der Waals surface area contributed by atoms with Gasteiger partial charge in [0.1, 0.15) is 0 Å². The zero-order valence-corrected chi connectivity index (χ0v) is 9.89. The largest absolute Gasteiger partial charge is 0.450 e. The van der Waals surface area contributed by atoms with Gasteiger partial charge in [0.05, 0.1) is 6.04 Å². The predicted octanol–water partition coefficient (Wildman–Crippen LogP) is 0.566. The molecule has 1 aliphatic carbocycles. The van der Waals surface area contributed by atoms with E-state index in [0.29, 0.717) is 12.1 Å². The highest BCUT2D eigenvalue weighted by molar-refractivity contribution is 5.87. The molecule has 1 saturated carbocycles. The molecule has 4 nitrogen and oxygen atoms in total. The highest BCUT2D eigenvalue weighted by Gasteiger charge is 2.63. The molecule has 4 aliphatic rings. The van der Waals surface area contributed by atoms with Gasteiger partial charge in [-0.2, -0.15) is 0 Å². The molecule has 0 aromatic rings. The lowest BCUT2D eigenvalue weighted by atomic mass is 9.76. The molecule has 2 unspecified atom stereocenters. The summed E-state index contributed by atoms with van der Waals surface area (Å²) in [5.41, 5.74) is 7.15. The Morgan fingerprint density at radius 1 is 1.47 bits per heavy atom. The molecule has 2 N–H and O–H groups in total. The maximum absolute atomic E-state index is 11.6. The predicted molar refractivity (Wildman–Crippen MR) is 62.2 cm³/mol. The van der Waals surface area contributed by atoms with Gasteiger partial charge in [-0.3, -0.25) is 4.90 Å². The summed E-state index contributed by atoms with van der Waals surface area (Å²) < 4.78 is 5.73. The zero-order valence-electron chi connectivity index (χ0n) is 9.89. The van der Waals surface area contributed by atoms with E-state index in [-0.39, 0.29) is 17.6 Å². The van der Waals surface area contributed by atoms with Gasteiger partial charge in [0.15, 0.2) is 5.60 Å². The SMILES string of the molecule is NC1CC2=CC(=O)O[C@@]23C[C@@H]1N1CCCCC13. The van der Waals surface area contributed by atoms with Crippen LogP contribution in [0.2, 0.25) is 0 Å². The lowest BCUT2D eigenvalue weighted by molar-refractivity contribution is -0.148. The van der Waals surface area contributed by atoms with E-state index >= 15 is 0 Å². The van der Waals surface area contributed by atoms with Gasteiger partial charge in [-0.15, -0.1) is 0 Å². The van der Waals surface area contributed by atoms with Gasteiger partial charge < -0.3 is 10.5 Å². The molecule has 1 spiro atoms. The number of carbonyl (C=O) groups excluding carboxylic acids is 1. The topological polar surface area (TPSA) is 55.6 Å². The van der Waals surface area contributed by atoms with Crippen LogP contribution < -0.4 is 5.73 Å². The summed E-state index contributed by atoms with van der Waals surface area (Å²) in [6, 6.07) is 0.989. The van der Waals surface area contributed by atoms with Gasteiger partial charge in [-0.25, -0.2) is 4.79 Å². The Labute approximate surface area is 101 Å². The quantitative estimate of drug-likeness (QED) is 0.622. The van der Waals surface area contributed by atoms with Crippen LogP contribution in [0.5, 0.6) is 0 Å². The van der Waals surface area contributed by atoms with Crippen molar-refractivity contribution in [2.75, 3.05) is 6.54 Å². The monoisotopic (exact) mass is 234 g/mol. The first-order chi connectivity index (χ1) is 8.21. The van der Waals surface area contributed by atoms with E-state index in [4.69, 9.17) is 10.5 Å². The summed E-state index contributed by atoms with van der Waals surface area (Å²) >= 11 is 0. The molecule has 0 aromatic heterocycles. The molecule has 3 aliphatic heterocycles. The first-order valence-corrected chi connectivity index (χ1v) is 6.66. The van der Waals surface area contributed by atoms with Gasteiger partial charge in [-0.1, -0.05) is 6.42 Å². The van der Waals surface area contributed by atoms with Gasteiger partial charge in [-0.05, 0) is 31.4 Å². The van der Waals surface area contributed by atoms with Crippen LogP contribution in [0.1, 0.15) is 32.1 Å². The fraction of sp³-hybridized carbons (Fsp3) is 0.769. The van der Waals surface area contributed by atoms with Crippen LogP contribution >= 0.6 is 0 Å². The average molecular weight is 234 g/mol. The fourth-order valence-electron chi connectivity index (χ4n) is 4.43. The molecule has 0 amide bonds. The van der Waals surface area contributed by atoms with E-state index in [1.165, 1.54) is 18.4 Å². The van der Waals surface area contributed by atoms with Crippen molar-refractivity contribution >= 4 is 5.97 Å². The number of nitrogens with zero attached hydrogens (tertiary/aromatic N) is 1. The third-order valence-electron chi connectivity index (χ3n) is 5.09. The number of nitrogens with two attached hydrogens (primary N) is 1. The van der Waals surface area contributed by atoms with Crippen LogP contribution in [0.4, 0.5) is 0 Å². The van der Waals surface area contributed by atoms with Crippen molar-refractivity contribution in [1.29, 1.82) is 0 Å². The van der Waals surface area contributed by atoms with E-state index < -0.39 is 0 Å². The van der Waals surface area contributed by atoms with Crippen molar-refractivity contribution in [2.45, 2.75) is 55.8 Å². The number of fused-ring (bicyclic) bond motifs is 3. The highest BCUT2D eigenvalue weighted by Crippen LogP contribution is 2.53. The fourth-order valence-corrected chi connectivity index (χ4v) is 4.43. The molecular weight excluding hydrogens is 216 g/mol. The van der Waals surface area contributed by atoms with Crippen molar-refractivity contribution in [2.24, 2.45) is 5.73 Å². The van der Waals surface area contributed by atoms with Gasteiger partial charge in [0.2, 0.25) is 0 Å². The van der Waals surface area contributed by atoms with E-state index in [2.05, 4.69) is 4.90 Å². The molecule has 2 saturated heterocycles. The maximum Gasteiger partial charge on any atom is 0.331 e. The van der Waals surface area contributed by atoms with Crippen molar-refractivity contribution in [3.8, 4) is 0 Å². The Hall–Kier alpha value is -0.870. The molecule has 0 radical (unpaired) electrons. The van der Waals surface area contributed by atoms with Crippen molar-refractivity contribution in [3.63, 3.8) is 0 Å². The molecule has 3 heterocycles. The standard InChI is InChI=1S/C13H18N2O2/c14-9-5-8-6-12(16)17-13(8)7-10(9)15-4-2-1-3-11(13)15/h6,9-11H,1-5,7,14H2/t9?,10-,11?,13-/m0/s1. The van der Waals surface area contributed by atoms with Crippen molar-refractivity contribution in [3.05, 3.63) is 11.6 Å². The highest BCUT2D eigenvalue weighted by atomic mass is 16.6. The van der Waals surface area contributed by atoms with E-state index in [1.807, 2.05) is 0 Å². The van der Waals surface area contributed by atoms with Crippen molar-refractivity contribution < 1.29 is 9.53 Å². The molecule has 2 bridgehead atoms. The van der Waals surface area contributed by atoms with Gasteiger partial charge in [0.25, 0.3) is 0 Å². The van der Waals surface area contributed by atoms with Crippen molar-refractivity contribution in [1.82, 2.24) is 4.90 Å². The first kappa shape index (κ1) is 10.1. The van der Waals surface area contributed by atoms with Crippen LogP contribution in [0.15, 0.2) is 11.6 Å². The summed E-state index contributed by atoms with van der Waals surface area (Å²) in [6.45, 7) is 1.12. The number of hydrogen-bond donors (Lipinski definition) is 1. The molecular formula is C13H18N2O2. The number of hydrogen-bond acceptors (Lipinski definition) is 4. The Kier molecular flexibility index (Phi) is 1.85. The second-order valence-corrected chi connectivity index (χ2v) is 5.87. The van der Waals surface area contributed by atoms with E-state index in [1.54, 1.807) is 6.08 Å². The van der Waals surface area contributed by atoms with Crippen LogP contribution in [0.25, 0.3) is 0 Å². The summed E-state index contributed by atoms with van der Waals surface area (Å²) in [6.07, 6.45) is 7.11. The zero-order chi connectivity index (χ0) is 11.6. The third kappa shape index (κ3) is 1.13. The Morgan fingerprint density at radius 3 is 3.24 bits per heavy atom. The van der Waals surface area contributed by atoms with Crippen LogP contribution in [-0.4, -0.2) is 41.1 Å². The minimum Gasteiger partial charge on any atom is -0.450 e. The number of carbonyl (C=O) groups is 1. The minimum absolute atomic E-state index is 0.153. The van der Waals surface area contributed by atoms with Crippen LogP contribution in [-0.2, 0) is 9.53 Å². The number of esters is 1. The molecule has 4 heteroatoms. The van der Waals surface area contributed by atoms with E-state index in [9.17, 15) is 4.79 Å². The molecule has 17 heavy (non-hydrogen) atoms. The smallest absolute Gasteiger partial charge is 0.331 e. The normalized spacial score (nSPS) is 48.4. The second-order valence-electron chi connectivity index (χ2n) is 5.87. The summed E-state index contributed by atoms with van der Waals surface area (Å²) in [7, 11) is 0. The summed E-state index contributed by atoms with van der Waals surface area (Å²) in [5, 5.41) is 0. The van der Waals surface area contributed by atoms with Gasteiger partial charge in [0, 0.05) is 24.6 Å². The van der Waals surface area contributed by atoms with Crippen LogP contribution in [0.3, 0.4) is 0 Å². The molecule has 3 fully saturated rings. The molecule has 92 valence electrons. The Bertz CT molecular complexity index is 420. The lowest BCUT2D eigenvalue weighted by Crippen LogP contribution is -2.48.